The largest absolute Gasteiger partial charge is 0.487 e. The first-order valence-corrected chi connectivity index (χ1v) is 16.7. The zero-order chi connectivity index (χ0) is 32.9. The lowest BCUT2D eigenvalue weighted by atomic mass is 9.90. The fourth-order valence-electron chi connectivity index (χ4n) is 6.45. The van der Waals surface area contributed by atoms with E-state index in [0.29, 0.717) is 54.4 Å². The van der Waals surface area contributed by atoms with Gasteiger partial charge >= 0.3 is 0 Å². The van der Waals surface area contributed by atoms with E-state index in [1.165, 1.54) is 6.33 Å². The van der Waals surface area contributed by atoms with E-state index in [-0.39, 0.29) is 12.1 Å². The number of nitriles is 1. The van der Waals surface area contributed by atoms with E-state index in [1.807, 2.05) is 29.9 Å². The smallest absolute Gasteiger partial charge is 0.256 e. The van der Waals surface area contributed by atoms with Gasteiger partial charge in [0.25, 0.3) is 5.88 Å². The molecule has 252 valence electrons. The highest BCUT2D eigenvalue weighted by Gasteiger charge is 2.40. The van der Waals surface area contributed by atoms with Crippen molar-refractivity contribution in [3.8, 4) is 28.8 Å². The van der Waals surface area contributed by atoms with Crippen LogP contribution in [0.5, 0.6) is 11.6 Å². The van der Waals surface area contributed by atoms with Gasteiger partial charge in [-0.1, -0.05) is 6.07 Å². The maximum Gasteiger partial charge on any atom is 0.256 e. The van der Waals surface area contributed by atoms with Crippen molar-refractivity contribution in [1.29, 1.82) is 5.26 Å². The Kier molecular flexibility index (Phi) is 9.46. The maximum absolute atomic E-state index is 10.3. The molecule has 1 saturated heterocycles. The zero-order valence-electron chi connectivity index (χ0n) is 27.1. The third-order valence-corrected chi connectivity index (χ3v) is 9.43. The summed E-state index contributed by atoms with van der Waals surface area (Å²) in [5, 5.41) is 39.3. The molecule has 0 spiro atoms. The van der Waals surface area contributed by atoms with Gasteiger partial charge in [-0.05, 0) is 73.6 Å². The number of nitrogens with one attached hydrogen (secondary N) is 1. The van der Waals surface area contributed by atoms with Crippen LogP contribution in [0.25, 0.3) is 11.1 Å². The van der Waals surface area contributed by atoms with Crippen molar-refractivity contribution in [2.45, 2.75) is 82.2 Å². The van der Waals surface area contributed by atoms with Gasteiger partial charge in [0.1, 0.15) is 29.9 Å². The molecule has 48 heavy (non-hydrogen) atoms. The highest BCUT2D eigenvalue weighted by Crippen LogP contribution is 2.39. The molecule has 1 aromatic carbocycles. The van der Waals surface area contributed by atoms with Gasteiger partial charge in [-0.3, -0.25) is 9.58 Å². The van der Waals surface area contributed by atoms with E-state index in [0.717, 1.165) is 76.0 Å². The Morgan fingerprint density at radius 1 is 1.10 bits per heavy atom. The Morgan fingerprint density at radius 3 is 2.58 bits per heavy atom. The summed E-state index contributed by atoms with van der Waals surface area (Å²) in [4.78, 5) is 11.7. The number of tetrazole rings is 1. The molecule has 0 amide bonds. The number of benzene rings is 1. The Hall–Kier alpha value is -4.65. The molecule has 4 heterocycles. The highest BCUT2D eigenvalue weighted by molar-refractivity contribution is 5.67. The van der Waals surface area contributed by atoms with Crippen LogP contribution in [0.3, 0.4) is 0 Å². The molecular formula is C33H41N11O4. The van der Waals surface area contributed by atoms with Gasteiger partial charge in [-0.2, -0.15) is 5.26 Å². The lowest BCUT2D eigenvalue weighted by Crippen LogP contribution is -2.45. The standard InChI is InChI=1S/C33H41N11O4/c1-23(20-43-22-37-40-41-43)48-30-16-24(2-3-25(30)17-34)26-18-35-32(36-19-26)38-29-21-44(39-31(29)47-13-10-33(45)8-9-33)28-6-4-27(5-7-28)42-11-14-46-15-12-42/h2-3,16,18-19,21-23,27-28,45H,4-15,20H2,1H3,(H,35,36,38). The molecule has 0 bridgehead atoms. The van der Waals surface area contributed by atoms with E-state index in [4.69, 9.17) is 19.3 Å². The lowest BCUT2D eigenvalue weighted by Gasteiger charge is -2.38. The van der Waals surface area contributed by atoms with Crippen molar-refractivity contribution >= 4 is 11.6 Å². The molecule has 3 fully saturated rings. The molecule has 3 aromatic heterocycles. The fraction of sp³-hybridized carbons (Fsp3) is 0.545. The van der Waals surface area contributed by atoms with E-state index in [2.05, 4.69) is 41.8 Å². The molecule has 2 N–H and O–H groups in total. The number of nitrogens with zero attached hydrogens (tertiary/aromatic N) is 10. The number of morpholine rings is 1. The van der Waals surface area contributed by atoms with Gasteiger partial charge in [0.05, 0.1) is 49.8 Å². The van der Waals surface area contributed by atoms with Crippen molar-refractivity contribution in [3.05, 3.63) is 48.7 Å². The van der Waals surface area contributed by atoms with E-state index < -0.39 is 5.60 Å². The minimum atomic E-state index is -0.601. The first-order chi connectivity index (χ1) is 23.4. The van der Waals surface area contributed by atoms with Crippen LogP contribution in [-0.2, 0) is 11.3 Å². The van der Waals surface area contributed by atoms with Crippen LogP contribution in [-0.4, -0.2) is 101 Å². The Bertz CT molecular complexity index is 1690. The van der Waals surface area contributed by atoms with Crippen molar-refractivity contribution in [3.63, 3.8) is 0 Å². The Labute approximate surface area is 278 Å². The average molecular weight is 656 g/mol. The molecule has 4 aromatic rings. The summed E-state index contributed by atoms with van der Waals surface area (Å²) in [5.41, 5.74) is 2.09. The molecular weight excluding hydrogens is 614 g/mol. The summed E-state index contributed by atoms with van der Waals surface area (Å²) >= 11 is 0. The third-order valence-electron chi connectivity index (χ3n) is 9.43. The highest BCUT2D eigenvalue weighted by atomic mass is 16.5. The number of ether oxygens (including phenoxy) is 3. The van der Waals surface area contributed by atoms with Crippen molar-refractivity contribution in [2.24, 2.45) is 0 Å². The molecule has 3 aliphatic rings. The van der Waals surface area contributed by atoms with Gasteiger partial charge in [-0.15, -0.1) is 10.2 Å². The maximum atomic E-state index is 10.3. The second-order valence-electron chi connectivity index (χ2n) is 13.0. The van der Waals surface area contributed by atoms with Crippen molar-refractivity contribution < 1.29 is 19.3 Å². The SMILES string of the molecule is CC(Cn1cnnn1)Oc1cc(-c2cnc(Nc3cn(C4CCC(N5CCOCC5)CC4)nc3OCCC3(O)CC3)nc2)ccc1C#N. The number of aromatic nitrogens is 8. The predicted octanol–water partition coefficient (Wildman–Crippen LogP) is 3.52. The monoisotopic (exact) mass is 655 g/mol. The van der Waals surface area contributed by atoms with Gasteiger partial charge in [0, 0.05) is 43.5 Å². The van der Waals surface area contributed by atoms with Gasteiger partial charge in [-0.25, -0.2) is 14.6 Å². The Balaban J connectivity index is 1.03. The van der Waals surface area contributed by atoms with Crippen LogP contribution in [0.2, 0.25) is 0 Å². The summed E-state index contributed by atoms with van der Waals surface area (Å²) in [7, 11) is 0. The van der Waals surface area contributed by atoms with E-state index >= 15 is 0 Å². The number of anilines is 2. The molecule has 1 unspecified atom stereocenters. The first kappa shape index (κ1) is 31.9. The number of hydrogen-bond acceptors (Lipinski definition) is 13. The molecule has 2 saturated carbocycles. The van der Waals surface area contributed by atoms with Crippen molar-refractivity contribution in [2.75, 3.05) is 38.2 Å². The van der Waals surface area contributed by atoms with Crippen LogP contribution < -0.4 is 14.8 Å². The number of hydrogen-bond donors (Lipinski definition) is 2. The summed E-state index contributed by atoms with van der Waals surface area (Å²) in [6.45, 7) is 6.36. The molecule has 7 rings (SSSR count). The van der Waals surface area contributed by atoms with Gasteiger partial charge in [0.15, 0.2) is 0 Å². The molecule has 15 nitrogen and oxygen atoms in total. The fourth-order valence-corrected chi connectivity index (χ4v) is 6.45. The first-order valence-electron chi connectivity index (χ1n) is 16.7. The number of aliphatic hydroxyl groups is 1. The second kappa shape index (κ2) is 14.2. The summed E-state index contributed by atoms with van der Waals surface area (Å²) in [6, 6.07) is 8.46. The van der Waals surface area contributed by atoms with Crippen molar-refractivity contribution in [1.82, 2.24) is 44.9 Å². The molecule has 2 aliphatic carbocycles. The van der Waals surface area contributed by atoms with Crippen LogP contribution in [0.4, 0.5) is 11.6 Å². The van der Waals surface area contributed by atoms with Crippen LogP contribution in [0.15, 0.2) is 43.1 Å². The van der Waals surface area contributed by atoms with Crippen LogP contribution >= 0.6 is 0 Å². The molecule has 0 radical (unpaired) electrons. The second-order valence-corrected chi connectivity index (χ2v) is 13.0. The predicted molar refractivity (Wildman–Crippen MR) is 174 cm³/mol. The lowest BCUT2D eigenvalue weighted by molar-refractivity contribution is 0.00502. The van der Waals surface area contributed by atoms with E-state index in [9.17, 15) is 10.4 Å². The minimum Gasteiger partial charge on any atom is -0.487 e. The minimum absolute atomic E-state index is 0.275. The molecule has 1 atom stereocenters. The normalized spacial score (nSPS) is 21.3. The Morgan fingerprint density at radius 2 is 1.88 bits per heavy atom. The van der Waals surface area contributed by atoms with E-state index in [1.54, 1.807) is 23.1 Å². The van der Waals surface area contributed by atoms with Gasteiger partial charge < -0.3 is 24.6 Å². The topological polar surface area (TPSA) is 174 Å². The summed E-state index contributed by atoms with van der Waals surface area (Å²) < 4.78 is 21.4. The van der Waals surface area contributed by atoms with Crippen LogP contribution in [0, 0.1) is 11.3 Å². The molecule has 15 heteroatoms. The molecule has 1 aliphatic heterocycles. The quantitative estimate of drug-likeness (QED) is 0.214. The average Bonchev–Trinajstić information content (AvgIpc) is 3.43. The number of rotatable bonds is 13. The van der Waals surface area contributed by atoms with Crippen LogP contribution in [0.1, 0.15) is 63.5 Å². The summed E-state index contributed by atoms with van der Waals surface area (Å²) in [6.07, 6.45) is 13.2. The third kappa shape index (κ3) is 7.73. The zero-order valence-corrected chi connectivity index (χ0v) is 27.1. The van der Waals surface area contributed by atoms with Gasteiger partial charge in [0.2, 0.25) is 5.95 Å². The summed E-state index contributed by atoms with van der Waals surface area (Å²) in [5.74, 6) is 1.34.